The van der Waals surface area contributed by atoms with E-state index >= 15 is 0 Å². The summed E-state index contributed by atoms with van der Waals surface area (Å²) in [5, 5.41) is 0. The number of carbonyl (C=O) groups is 1. The molecule has 0 bridgehead atoms. The van der Waals surface area contributed by atoms with Crippen molar-refractivity contribution in [1.29, 1.82) is 0 Å². The lowest BCUT2D eigenvalue weighted by Crippen LogP contribution is -2.35. The van der Waals surface area contributed by atoms with Crippen molar-refractivity contribution in [1.82, 2.24) is 0 Å². The predicted octanol–water partition coefficient (Wildman–Crippen LogP) is 2.01. The highest BCUT2D eigenvalue weighted by molar-refractivity contribution is 5.59. The van der Waals surface area contributed by atoms with Crippen LogP contribution in [-0.4, -0.2) is 25.7 Å². The van der Waals surface area contributed by atoms with Gasteiger partial charge in [0.25, 0.3) is 6.29 Å². The summed E-state index contributed by atoms with van der Waals surface area (Å²) in [6.07, 6.45) is 3.01. The summed E-state index contributed by atoms with van der Waals surface area (Å²) in [5.74, 6) is 0. The van der Waals surface area contributed by atoms with Crippen molar-refractivity contribution in [2.45, 2.75) is 38.9 Å². The molecule has 0 aromatic heterocycles. The van der Waals surface area contributed by atoms with E-state index in [0.717, 1.165) is 25.7 Å². The van der Waals surface area contributed by atoms with Gasteiger partial charge in [-0.05, 0) is 6.42 Å². The van der Waals surface area contributed by atoms with Crippen molar-refractivity contribution >= 4 is 6.16 Å². The summed E-state index contributed by atoms with van der Waals surface area (Å²) in [7, 11) is 0. The Balaban J connectivity index is 1.87. The maximum Gasteiger partial charge on any atom is 0.510 e. The molecule has 5 nitrogen and oxygen atoms in total. The van der Waals surface area contributed by atoms with Gasteiger partial charge in [0.1, 0.15) is 6.61 Å². The van der Waals surface area contributed by atoms with Crippen LogP contribution in [0.2, 0.25) is 0 Å². The molecule has 1 heterocycles. The van der Waals surface area contributed by atoms with E-state index in [4.69, 9.17) is 4.74 Å². The van der Waals surface area contributed by atoms with Gasteiger partial charge in [0.05, 0.1) is 6.61 Å². The molecule has 1 fully saturated rings. The Morgan fingerprint density at radius 1 is 1.43 bits per heavy atom. The molecule has 5 heteroatoms. The first-order valence-electron chi connectivity index (χ1n) is 4.94. The zero-order chi connectivity index (χ0) is 10.2. The van der Waals surface area contributed by atoms with E-state index in [1.807, 2.05) is 0 Å². The van der Waals surface area contributed by atoms with Crippen LogP contribution in [0.5, 0.6) is 0 Å². The summed E-state index contributed by atoms with van der Waals surface area (Å²) in [4.78, 5) is 19.7. The lowest BCUT2D eigenvalue weighted by Gasteiger charge is -2.23. The van der Waals surface area contributed by atoms with Gasteiger partial charge >= 0.3 is 6.16 Å². The van der Waals surface area contributed by atoms with Crippen molar-refractivity contribution in [3.63, 3.8) is 0 Å². The van der Waals surface area contributed by atoms with Crippen LogP contribution in [0.3, 0.4) is 0 Å². The monoisotopic (exact) mass is 204 g/mol. The Bertz CT molecular complexity index is 167. The molecule has 1 aliphatic heterocycles. The first-order chi connectivity index (χ1) is 6.83. The maximum absolute atomic E-state index is 10.9. The molecule has 0 spiro atoms. The van der Waals surface area contributed by atoms with E-state index < -0.39 is 12.4 Å². The van der Waals surface area contributed by atoms with Gasteiger partial charge in [-0.15, -0.1) is 0 Å². The second kappa shape index (κ2) is 6.62. The minimum Gasteiger partial charge on any atom is -0.434 e. The number of ether oxygens (including phenoxy) is 2. The third kappa shape index (κ3) is 4.43. The molecule has 82 valence electrons. The van der Waals surface area contributed by atoms with Crippen LogP contribution in [0, 0.1) is 0 Å². The van der Waals surface area contributed by atoms with Gasteiger partial charge < -0.3 is 9.47 Å². The minimum absolute atomic E-state index is 0.283. The molecule has 1 aliphatic rings. The quantitative estimate of drug-likeness (QED) is 0.376. The average Bonchev–Trinajstić information content (AvgIpc) is 2.11. The standard InChI is InChI=1S/C9H16O5/c1-2-3-4-5-6-11-9(10)13-8-7-12-14-8/h8H,2-7H2,1H3. The Kier molecular flexibility index (Phi) is 5.32. The number of hydrogen-bond donors (Lipinski definition) is 0. The highest BCUT2D eigenvalue weighted by Gasteiger charge is 2.25. The number of unbranched alkanes of at least 4 members (excludes halogenated alkanes) is 3. The number of carbonyl (C=O) groups excluding carboxylic acids is 1. The zero-order valence-electron chi connectivity index (χ0n) is 8.36. The highest BCUT2D eigenvalue weighted by Crippen LogP contribution is 2.08. The van der Waals surface area contributed by atoms with E-state index in [1.165, 1.54) is 0 Å². The molecule has 0 saturated carbocycles. The van der Waals surface area contributed by atoms with Gasteiger partial charge in [-0.3, -0.25) is 0 Å². The highest BCUT2D eigenvalue weighted by atomic mass is 17.3. The topological polar surface area (TPSA) is 54.0 Å². The fourth-order valence-corrected chi connectivity index (χ4v) is 1.00. The lowest BCUT2D eigenvalue weighted by molar-refractivity contribution is -0.473. The van der Waals surface area contributed by atoms with E-state index in [-0.39, 0.29) is 6.61 Å². The van der Waals surface area contributed by atoms with Gasteiger partial charge in [-0.25, -0.2) is 9.68 Å². The fraction of sp³-hybridized carbons (Fsp3) is 0.889. The van der Waals surface area contributed by atoms with Crippen LogP contribution in [0.1, 0.15) is 32.6 Å². The molecule has 0 N–H and O–H groups in total. The summed E-state index contributed by atoms with van der Waals surface area (Å²) >= 11 is 0. The van der Waals surface area contributed by atoms with Crippen LogP contribution >= 0.6 is 0 Å². The average molecular weight is 204 g/mol. The largest absolute Gasteiger partial charge is 0.510 e. The van der Waals surface area contributed by atoms with Crippen molar-refractivity contribution in [3.8, 4) is 0 Å². The summed E-state index contributed by atoms with van der Waals surface area (Å²) in [6.45, 7) is 2.82. The fourth-order valence-electron chi connectivity index (χ4n) is 1.00. The first-order valence-corrected chi connectivity index (χ1v) is 4.94. The Labute approximate surface area is 83.2 Å². The van der Waals surface area contributed by atoms with E-state index in [2.05, 4.69) is 21.4 Å². The Morgan fingerprint density at radius 2 is 2.21 bits per heavy atom. The SMILES string of the molecule is CCCCCCOC(=O)OC1COO1. The second-order valence-corrected chi connectivity index (χ2v) is 3.09. The van der Waals surface area contributed by atoms with Crippen LogP contribution < -0.4 is 0 Å². The van der Waals surface area contributed by atoms with Gasteiger partial charge in [-0.1, -0.05) is 26.2 Å². The molecular formula is C9H16O5. The summed E-state index contributed by atoms with van der Waals surface area (Å²) < 4.78 is 9.48. The molecule has 0 aliphatic carbocycles. The van der Waals surface area contributed by atoms with Crippen LogP contribution in [0.25, 0.3) is 0 Å². The molecule has 1 saturated heterocycles. The Morgan fingerprint density at radius 3 is 2.79 bits per heavy atom. The van der Waals surface area contributed by atoms with Crippen molar-refractivity contribution in [2.24, 2.45) is 0 Å². The van der Waals surface area contributed by atoms with Gasteiger partial charge in [0.2, 0.25) is 0 Å². The zero-order valence-corrected chi connectivity index (χ0v) is 8.36. The molecule has 0 amide bonds. The second-order valence-electron chi connectivity index (χ2n) is 3.09. The smallest absolute Gasteiger partial charge is 0.434 e. The molecule has 0 aromatic rings. The van der Waals surface area contributed by atoms with E-state index in [9.17, 15) is 4.79 Å². The minimum atomic E-state index is -0.685. The van der Waals surface area contributed by atoms with E-state index in [1.54, 1.807) is 0 Å². The van der Waals surface area contributed by atoms with Crippen LogP contribution in [0.15, 0.2) is 0 Å². The molecule has 1 rings (SSSR count). The summed E-state index contributed by atoms with van der Waals surface area (Å²) in [5.41, 5.74) is 0. The molecule has 1 atom stereocenters. The molecule has 0 radical (unpaired) electrons. The van der Waals surface area contributed by atoms with Crippen LogP contribution in [-0.2, 0) is 19.2 Å². The lowest BCUT2D eigenvalue weighted by atomic mass is 10.2. The third-order valence-electron chi connectivity index (χ3n) is 1.82. The molecular weight excluding hydrogens is 188 g/mol. The summed E-state index contributed by atoms with van der Waals surface area (Å²) in [6, 6.07) is 0. The van der Waals surface area contributed by atoms with E-state index in [0.29, 0.717) is 6.61 Å². The molecule has 0 aromatic carbocycles. The van der Waals surface area contributed by atoms with Crippen molar-refractivity contribution < 1.29 is 24.0 Å². The number of hydrogen-bond acceptors (Lipinski definition) is 5. The maximum atomic E-state index is 10.9. The van der Waals surface area contributed by atoms with Gasteiger partial charge in [0, 0.05) is 0 Å². The van der Waals surface area contributed by atoms with Crippen molar-refractivity contribution in [2.75, 3.05) is 13.2 Å². The molecule has 14 heavy (non-hydrogen) atoms. The Hall–Kier alpha value is -0.810. The predicted molar refractivity (Wildman–Crippen MR) is 47.4 cm³/mol. The van der Waals surface area contributed by atoms with Gasteiger partial charge in [0.15, 0.2) is 0 Å². The van der Waals surface area contributed by atoms with Gasteiger partial charge in [-0.2, -0.15) is 4.89 Å². The molecule has 1 unspecified atom stereocenters. The third-order valence-corrected chi connectivity index (χ3v) is 1.82. The normalized spacial score (nSPS) is 19.9. The van der Waals surface area contributed by atoms with Crippen molar-refractivity contribution in [3.05, 3.63) is 0 Å². The van der Waals surface area contributed by atoms with Crippen LogP contribution in [0.4, 0.5) is 4.79 Å². The first kappa shape index (κ1) is 11.3. The number of rotatable bonds is 6.